The van der Waals surface area contributed by atoms with E-state index >= 15 is 0 Å². The number of hydrogen-bond donors (Lipinski definition) is 0. The average Bonchev–Trinajstić information content (AvgIpc) is 3.71. The summed E-state index contributed by atoms with van der Waals surface area (Å²) in [5, 5.41) is 0. The quantitative estimate of drug-likeness (QED) is 0.206. The fraction of sp³-hybridized carbons (Fsp3) is 0.714. The van der Waals surface area contributed by atoms with Gasteiger partial charge in [-0.05, 0) is 145 Å². The van der Waals surface area contributed by atoms with Crippen LogP contribution in [0.2, 0.25) is 0 Å². The molecule has 56 heavy (non-hydrogen) atoms. The van der Waals surface area contributed by atoms with Gasteiger partial charge in [0.2, 0.25) is 0 Å². The molecule has 0 bridgehead atoms. The summed E-state index contributed by atoms with van der Waals surface area (Å²) in [6.07, 6.45) is 43.5. The molecule has 0 N–H and O–H groups in total. The van der Waals surface area contributed by atoms with Crippen LogP contribution in [0.5, 0.6) is 0 Å². The first-order chi connectivity index (χ1) is 26.5. The van der Waals surface area contributed by atoms with Crippen LogP contribution in [0.4, 0.5) is 0 Å². The topological polar surface area (TPSA) is 0 Å². The molecule has 0 aromatic heterocycles. The number of hydrogen-bond acceptors (Lipinski definition) is 0. The van der Waals surface area contributed by atoms with Crippen LogP contribution in [-0.2, 0) is 0 Å². The summed E-state index contributed by atoms with van der Waals surface area (Å²) in [5.41, 5.74) is 11.8. The zero-order chi connectivity index (χ0) is 39.9. The van der Waals surface area contributed by atoms with E-state index in [4.69, 9.17) is 0 Å². The maximum absolute atomic E-state index is 2.97. The minimum absolute atomic E-state index is 0.213. The molecule has 0 heteroatoms. The highest BCUT2D eigenvalue weighted by molar-refractivity contribution is 5.57. The van der Waals surface area contributed by atoms with Gasteiger partial charge in [0.1, 0.15) is 0 Å². The van der Waals surface area contributed by atoms with Crippen LogP contribution in [-0.4, -0.2) is 0 Å². The summed E-state index contributed by atoms with van der Waals surface area (Å²) >= 11 is 0. The molecular weight excluding hydrogens is 673 g/mol. The summed E-state index contributed by atoms with van der Waals surface area (Å²) in [6, 6.07) is 0. The summed E-state index contributed by atoms with van der Waals surface area (Å²) in [7, 11) is 0. The third-order valence-electron chi connectivity index (χ3n) is 19.3. The molecule has 4 fully saturated rings. The maximum Gasteiger partial charge on any atom is 0.0133 e. The van der Waals surface area contributed by atoms with Crippen molar-refractivity contribution in [2.75, 3.05) is 0 Å². The number of rotatable bonds is 9. The molecule has 0 amide bonds. The Hall–Kier alpha value is -2.08. The molecule has 8 aliphatic rings. The summed E-state index contributed by atoms with van der Waals surface area (Å²) in [5.74, 6) is 7.54. The Morgan fingerprint density at radius 1 is 0.518 bits per heavy atom. The zero-order valence-corrected chi connectivity index (χ0v) is 38.2. The average molecular weight is 755 g/mol. The van der Waals surface area contributed by atoms with Crippen molar-refractivity contribution in [2.24, 2.45) is 92.7 Å². The molecule has 0 heterocycles. The third-order valence-corrected chi connectivity index (χ3v) is 19.3. The lowest BCUT2D eigenvalue weighted by molar-refractivity contribution is 0.181. The molecule has 14 unspecified atom stereocenters. The van der Waals surface area contributed by atoms with Gasteiger partial charge in [-0.3, -0.25) is 0 Å². The monoisotopic (exact) mass is 755 g/mol. The molecule has 8 rings (SSSR count). The zero-order valence-electron chi connectivity index (χ0n) is 38.2. The highest BCUT2D eigenvalue weighted by Crippen LogP contribution is 2.69. The highest BCUT2D eigenvalue weighted by Gasteiger charge is 2.58. The van der Waals surface area contributed by atoms with E-state index < -0.39 is 0 Å². The predicted molar refractivity (Wildman–Crippen MR) is 242 cm³/mol. The van der Waals surface area contributed by atoms with Gasteiger partial charge in [-0.1, -0.05) is 179 Å². The fourth-order valence-electron chi connectivity index (χ4n) is 14.7. The second-order valence-electron chi connectivity index (χ2n) is 22.8. The highest BCUT2D eigenvalue weighted by atomic mass is 14.6. The van der Waals surface area contributed by atoms with E-state index in [0.717, 1.165) is 0 Å². The Balaban J connectivity index is 1.23. The molecule has 4 saturated carbocycles. The van der Waals surface area contributed by atoms with Gasteiger partial charge in [-0.2, -0.15) is 0 Å². The first-order valence-electron chi connectivity index (χ1n) is 24.2. The molecule has 0 aliphatic heterocycles. The summed E-state index contributed by atoms with van der Waals surface area (Å²) in [6.45, 7) is 30.2. The first kappa shape index (κ1) is 40.7. The van der Waals surface area contributed by atoms with E-state index in [1.54, 1.807) is 22.3 Å². The van der Waals surface area contributed by atoms with E-state index in [2.05, 4.69) is 144 Å². The van der Waals surface area contributed by atoms with Crippen molar-refractivity contribution in [1.82, 2.24) is 0 Å². The van der Waals surface area contributed by atoms with Gasteiger partial charge >= 0.3 is 0 Å². The summed E-state index contributed by atoms with van der Waals surface area (Å²) in [4.78, 5) is 0. The third kappa shape index (κ3) is 6.32. The van der Waals surface area contributed by atoms with Crippen LogP contribution in [0.3, 0.4) is 0 Å². The Morgan fingerprint density at radius 2 is 0.911 bits per heavy atom. The second kappa shape index (κ2) is 14.9. The van der Waals surface area contributed by atoms with Crippen molar-refractivity contribution in [1.29, 1.82) is 0 Å². The SMILES string of the molecule is CC(C)C(C)C=CC(C)C1CCC2C3=C(C=CC21C)C1(C)CCCCC1=CC3C1C=C2CCCCC2(C)C2=C1C1CCC(C(C)C=CC(C)C(C)C)C1(C)C=C2. The van der Waals surface area contributed by atoms with E-state index in [1.807, 2.05) is 11.1 Å². The number of fused-ring (bicyclic) bond motifs is 8. The van der Waals surface area contributed by atoms with Crippen LogP contribution >= 0.6 is 0 Å². The van der Waals surface area contributed by atoms with E-state index in [0.29, 0.717) is 71.0 Å². The molecule has 0 aromatic carbocycles. The van der Waals surface area contributed by atoms with E-state index in [-0.39, 0.29) is 21.7 Å². The molecule has 8 aliphatic carbocycles. The molecule has 0 saturated heterocycles. The van der Waals surface area contributed by atoms with Gasteiger partial charge in [0.25, 0.3) is 0 Å². The molecule has 306 valence electrons. The molecule has 0 nitrogen and oxygen atoms in total. The largest absolute Gasteiger partial charge is 0.0852 e. The molecule has 0 radical (unpaired) electrons. The van der Waals surface area contributed by atoms with Gasteiger partial charge < -0.3 is 0 Å². The Morgan fingerprint density at radius 3 is 1.29 bits per heavy atom. The van der Waals surface area contributed by atoms with Crippen molar-refractivity contribution in [3.8, 4) is 0 Å². The lowest BCUT2D eigenvalue weighted by atomic mass is 9.49. The standard InChI is InChI=1S/C56H82/c1-35(2)37(5)19-21-39(7)45-23-25-47-51-43(33-41-17-13-15-29-53(41,9)49(51)27-31-55(45,47)11)44-34-42-18-14-16-30-54(42,10)50-28-32-56(12)46(24-26-48(56)52(44)50)40(8)22-20-38(6)36(3)4/h19-22,27-28,31-40,43-48H,13-18,23-26,29-30H2,1-12H3. The van der Waals surface area contributed by atoms with Crippen LogP contribution in [0.25, 0.3) is 0 Å². The van der Waals surface area contributed by atoms with Gasteiger partial charge in [0.15, 0.2) is 0 Å². The lowest BCUT2D eigenvalue weighted by Gasteiger charge is -2.55. The van der Waals surface area contributed by atoms with Crippen molar-refractivity contribution in [3.05, 3.63) is 94.2 Å². The van der Waals surface area contributed by atoms with Crippen molar-refractivity contribution in [2.45, 2.75) is 160 Å². The first-order valence-corrected chi connectivity index (χ1v) is 24.2. The van der Waals surface area contributed by atoms with E-state index in [9.17, 15) is 0 Å². The minimum atomic E-state index is 0.213. The molecule has 0 aromatic rings. The van der Waals surface area contributed by atoms with Crippen molar-refractivity contribution in [3.63, 3.8) is 0 Å². The van der Waals surface area contributed by atoms with Gasteiger partial charge in [0.05, 0.1) is 0 Å². The molecule has 14 atom stereocenters. The van der Waals surface area contributed by atoms with Crippen LogP contribution in [0.1, 0.15) is 160 Å². The fourth-order valence-corrected chi connectivity index (χ4v) is 14.7. The summed E-state index contributed by atoms with van der Waals surface area (Å²) < 4.78 is 0. The minimum Gasteiger partial charge on any atom is -0.0852 e. The maximum atomic E-state index is 2.97. The van der Waals surface area contributed by atoms with Crippen LogP contribution < -0.4 is 0 Å². The Labute approximate surface area is 345 Å². The van der Waals surface area contributed by atoms with Gasteiger partial charge in [-0.15, -0.1) is 0 Å². The van der Waals surface area contributed by atoms with Crippen molar-refractivity contribution >= 4 is 0 Å². The smallest absolute Gasteiger partial charge is 0.0133 e. The normalized spacial score (nSPS) is 42.6. The predicted octanol–water partition coefficient (Wildman–Crippen LogP) is 16.0. The number of allylic oxidation sites excluding steroid dienone is 16. The lowest BCUT2D eigenvalue weighted by Crippen LogP contribution is -2.45. The molecule has 0 spiro atoms. The van der Waals surface area contributed by atoms with Crippen LogP contribution in [0, 0.1) is 92.7 Å². The van der Waals surface area contributed by atoms with Crippen LogP contribution in [0.15, 0.2) is 94.2 Å². The van der Waals surface area contributed by atoms with Gasteiger partial charge in [0, 0.05) is 22.7 Å². The molecular formula is C56H82. The Bertz CT molecular complexity index is 1650. The Kier molecular flexibility index (Phi) is 10.8. The van der Waals surface area contributed by atoms with Gasteiger partial charge in [-0.25, -0.2) is 0 Å². The van der Waals surface area contributed by atoms with E-state index in [1.165, 1.54) is 77.0 Å². The second-order valence-corrected chi connectivity index (χ2v) is 22.8. The van der Waals surface area contributed by atoms with Crippen molar-refractivity contribution < 1.29 is 0 Å².